The number of hydrogen-bond donors (Lipinski definition) is 4. The lowest BCUT2D eigenvalue weighted by Gasteiger charge is -2.18. The van der Waals surface area contributed by atoms with Crippen molar-refractivity contribution in [1.82, 2.24) is 20.3 Å². The van der Waals surface area contributed by atoms with Gasteiger partial charge in [0.05, 0.1) is 17.8 Å². The molecule has 2 heterocycles. The molecule has 0 fully saturated rings. The number of hydrogen-bond acceptors (Lipinski definition) is 8. The molecule has 0 saturated heterocycles. The molecule has 3 rings (SSSR count). The Kier molecular flexibility index (Phi) is 6.93. The van der Waals surface area contributed by atoms with Crippen LogP contribution in [0, 0.1) is 5.82 Å². The van der Waals surface area contributed by atoms with Crippen molar-refractivity contribution >= 4 is 40.4 Å². The third-order valence-corrected chi connectivity index (χ3v) is 5.72. The molecule has 0 aliphatic rings. The molecule has 0 aliphatic heterocycles. The number of thiazole rings is 1. The fourth-order valence-electron chi connectivity index (χ4n) is 2.58. The smallest absolute Gasteiger partial charge is 0.382 e. The monoisotopic (exact) mass is 490 g/mol. The summed E-state index contributed by atoms with van der Waals surface area (Å²) in [6.45, 7) is 1.65. The molecule has 3 aromatic rings. The zero-order chi connectivity index (χ0) is 23.6. The number of nitrogens with zero attached hydrogens (tertiary/aromatic N) is 3. The Morgan fingerprint density at radius 1 is 1.28 bits per heavy atom. The summed E-state index contributed by atoms with van der Waals surface area (Å²) in [5.41, 5.74) is 3.92. The Hall–Kier alpha value is -2.87. The number of benzene rings is 1. The molecule has 2 atom stereocenters. The van der Waals surface area contributed by atoms with Crippen molar-refractivity contribution in [2.75, 3.05) is 11.1 Å². The van der Waals surface area contributed by atoms with Gasteiger partial charge in [-0.15, -0.1) is 11.3 Å². The minimum Gasteiger partial charge on any atom is -0.382 e. The van der Waals surface area contributed by atoms with Crippen molar-refractivity contribution in [1.29, 1.82) is 0 Å². The first kappa shape index (κ1) is 23.8. The third kappa shape index (κ3) is 5.30. The quantitative estimate of drug-likeness (QED) is 0.305. The van der Waals surface area contributed by atoms with E-state index in [9.17, 15) is 27.5 Å². The molecule has 32 heavy (non-hydrogen) atoms. The van der Waals surface area contributed by atoms with E-state index in [0.29, 0.717) is 17.1 Å². The highest BCUT2D eigenvalue weighted by Gasteiger charge is 2.34. The van der Waals surface area contributed by atoms with E-state index in [2.05, 4.69) is 25.6 Å². The topological polar surface area (TPSA) is 126 Å². The van der Waals surface area contributed by atoms with E-state index in [-0.39, 0.29) is 27.1 Å². The number of nitrogens with one attached hydrogen (secondary N) is 2. The van der Waals surface area contributed by atoms with Gasteiger partial charge in [0.1, 0.15) is 44.8 Å². The van der Waals surface area contributed by atoms with Crippen molar-refractivity contribution in [3.8, 4) is 0 Å². The highest BCUT2D eigenvalue weighted by molar-refractivity contribution is 7.13. The molecule has 0 radical (unpaired) electrons. The van der Waals surface area contributed by atoms with Crippen molar-refractivity contribution in [2.45, 2.75) is 25.4 Å². The molecule has 0 saturated carbocycles. The standard InChI is InChI=1S/C18H15ClF4N6O2S/c1-7(28-16(31)13-12(19)14(24)27-6-26-13)17-25-5-11(32-17)15(30)29-8-2-3-10(20)9(4-8)18(21,22)23/h2-7,16,28,31H,1H3,(H,29,30)(H2,24,26,27). The number of aromatic nitrogens is 3. The molecule has 8 nitrogen and oxygen atoms in total. The predicted molar refractivity (Wildman–Crippen MR) is 109 cm³/mol. The fourth-order valence-corrected chi connectivity index (χ4v) is 3.61. The normalized spacial score (nSPS) is 13.6. The van der Waals surface area contributed by atoms with Crippen LogP contribution < -0.4 is 16.4 Å². The molecule has 14 heteroatoms. The molecule has 5 N–H and O–H groups in total. The molecule has 2 aromatic heterocycles. The summed E-state index contributed by atoms with van der Waals surface area (Å²) in [4.78, 5) is 24.1. The van der Waals surface area contributed by atoms with Crippen molar-refractivity contribution in [3.05, 3.63) is 62.7 Å². The number of nitrogens with two attached hydrogens (primary N) is 1. The summed E-state index contributed by atoms with van der Waals surface area (Å²) in [5.74, 6) is -2.18. The Bertz CT molecular complexity index is 1140. The van der Waals surface area contributed by atoms with Gasteiger partial charge in [-0.25, -0.2) is 19.3 Å². The number of halogens is 5. The first-order valence-corrected chi connectivity index (χ1v) is 10.0. The van der Waals surface area contributed by atoms with Gasteiger partial charge in [0.2, 0.25) is 0 Å². The van der Waals surface area contributed by atoms with Gasteiger partial charge >= 0.3 is 6.18 Å². The Balaban J connectivity index is 1.70. The lowest BCUT2D eigenvalue weighted by Crippen LogP contribution is -2.25. The Labute approximate surface area is 187 Å². The second kappa shape index (κ2) is 9.32. The third-order valence-electron chi connectivity index (χ3n) is 4.16. The lowest BCUT2D eigenvalue weighted by atomic mass is 10.2. The van der Waals surface area contributed by atoms with E-state index < -0.39 is 35.7 Å². The van der Waals surface area contributed by atoms with Crippen molar-refractivity contribution < 1.29 is 27.5 Å². The van der Waals surface area contributed by atoms with Crippen molar-refractivity contribution in [2.24, 2.45) is 0 Å². The minimum atomic E-state index is -4.90. The highest BCUT2D eigenvalue weighted by Crippen LogP contribution is 2.33. The van der Waals surface area contributed by atoms with Gasteiger partial charge in [-0.1, -0.05) is 11.6 Å². The Morgan fingerprint density at radius 3 is 2.69 bits per heavy atom. The molecule has 0 spiro atoms. The van der Waals surface area contributed by atoms with Crippen LogP contribution in [0.4, 0.5) is 29.1 Å². The number of carbonyl (C=O) groups excluding carboxylic acids is 1. The van der Waals surface area contributed by atoms with Gasteiger partial charge in [-0.05, 0) is 25.1 Å². The van der Waals surface area contributed by atoms with E-state index in [1.165, 1.54) is 6.20 Å². The molecule has 0 aliphatic carbocycles. The molecule has 1 amide bonds. The summed E-state index contributed by atoms with van der Waals surface area (Å²) < 4.78 is 51.9. The van der Waals surface area contributed by atoms with E-state index in [4.69, 9.17) is 17.3 Å². The van der Waals surface area contributed by atoms with Gasteiger partial charge in [-0.2, -0.15) is 13.2 Å². The maximum Gasteiger partial charge on any atom is 0.419 e. The number of amides is 1. The van der Waals surface area contributed by atoms with Crippen LogP contribution in [0.15, 0.2) is 30.7 Å². The van der Waals surface area contributed by atoms with Crippen LogP contribution >= 0.6 is 22.9 Å². The number of aliphatic hydroxyl groups excluding tert-OH is 1. The number of rotatable bonds is 6. The predicted octanol–water partition coefficient (Wildman–Crippen LogP) is 3.92. The molecule has 0 bridgehead atoms. The molecule has 1 aromatic carbocycles. The largest absolute Gasteiger partial charge is 0.419 e. The summed E-state index contributed by atoms with van der Waals surface area (Å²) in [7, 11) is 0. The van der Waals surface area contributed by atoms with Gasteiger partial charge in [-0.3, -0.25) is 10.1 Å². The first-order valence-electron chi connectivity index (χ1n) is 8.81. The maximum absolute atomic E-state index is 13.4. The van der Waals surface area contributed by atoms with Gasteiger partial charge < -0.3 is 16.2 Å². The van der Waals surface area contributed by atoms with Crippen LogP contribution in [-0.2, 0) is 6.18 Å². The summed E-state index contributed by atoms with van der Waals surface area (Å²) >= 11 is 6.92. The van der Waals surface area contributed by atoms with Gasteiger partial charge in [0.25, 0.3) is 5.91 Å². The zero-order valence-electron chi connectivity index (χ0n) is 16.1. The fraction of sp³-hybridized carbons (Fsp3) is 0.222. The maximum atomic E-state index is 13.4. The molecular formula is C18H15ClF4N6O2S. The number of carbonyl (C=O) groups is 1. The second-order valence-corrected chi connectivity index (χ2v) is 7.90. The summed E-state index contributed by atoms with van der Waals surface area (Å²) in [5, 5.41) is 15.8. The second-order valence-electron chi connectivity index (χ2n) is 6.46. The Morgan fingerprint density at radius 2 is 2.00 bits per heavy atom. The average molecular weight is 491 g/mol. The van der Waals surface area contributed by atoms with Crippen LogP contribution in [0.2, 0.25) is 5.02 Å². The molecule has 170 valence electrons. The lowest BCUT2D eigenvalue weighted by molar-refractivity contribution is -0.139. The van der Waals surface area contributed by atoms with Crippen molar-refractivity contribution in [3.63, 3.8) is 0 Å². The summed E-state index contributed by atoms with van der Waals surface area (Å²) in [6.07, 6.45) is -3.85. The number of alkyl halides is 3. The van der Waals surface area contributed by atoms with E-state index in [1.807, 2.05) is 0 Å². The van der Waals surface area contributed by atoms with Crippen LogP contribution in [0.5, 0.6) is 0 Å². The number of aliphatic hydroxyl groups is 1. The van der Waals surface area contributed by atoms with Crippen LogP contribution in [0.3, 0.4) is 0 Å². The van der Waals surface area contributed by atoms with Gasteiger partial charge in [0, 0.05) is 5.69 Å². The van der Waals surface area contributed by atoms with E-state index in [0.717, 1.165) is 23.7 Å². The highest BCUT2D eigenvalue weighted by atomic mass is 35.5. The molecular weight excluding hydrogens is 476 g/mol. The SMILES string of the molecule is CC(NC(O)c1ncnc(N)c1Cl)c1ncc(C(=O)Nc2ccc(F)c(C(F)(F)F)c2)s1. The van der Waals surface area contributed by atoms with Crippen LogP contribution in [-0.4, -0.2) is 26.0 Å². The minimum absolute atomic E-state index is 0.00662. The van der Waals surface area contributed by atoms with Crippen LogP contribution in [0.25, 0.3) is 0 Å². The average Bonchev–Trinajstić information content (AvgIpc) is 3.21. The summed E-state index contributed by atoms with van der Waals surface area (Å²) in [6, 6.07) is 1.58. The number of nitrogen functional groups attached to an aromatic ring is 1. The number of anilines is 2. The van der Waals surface area contributed by atoms with Crippen LogP contribution in [0.1, 0.15) is 45.1 Å². The van der Waals surface area contributed by atoms with E-state index >= 15 is 0 Å². The van der Waals surface area contributed by atoms with E-state index in [1.54, 1.807) is 6.92 Å². The first-order chi connectivity index (χ1) is 15.0. The zero-order valence-corrected chi connectivity index (χ0v) is 17.7. The van der Waals surface area contributed by atoms with Gasteiger partial charge in [0.15, 0.2) is 0 Å². The molecule has 2 unspecified atom stereocenters.